The second kappa shape index (κ2) is 16.1. The fraction of sp³-hybridized carbons (Fsp3) is 0.394. The molecule has 1 fully saturated rings. The average Bonchev–Trinajstić information content (AvgIpc) is 3.55. The van der Waals surface area contributed by atoms with Crippen LogP contribution in [0.5, 0.6) is 5.75 Å². The van der Waals surface area contributed by atoms with Crippen LogP contribution < -0.4 is 15.4 Å². The summed E-state index contributed by atoms with van der Waals surface area (Å²) in [5.74, 6) is 1.20. The Labute approximate surface area is 250 Å². The van der Waals surface area contributed by atoms with Gasteiger partial charge in [-0.25, -0.2) is 0 Å². The molecule has 0 radical (unpaired) electrons. The summed E-state index contributed by atoms with van der Waals surface area (Å²) < 4.78 is 6.58. The summed E-state index contributed by atoms with van der Waals surface area (Å²) in [7, 11) is 1.98. The van der Waals surface area contributed by atoms with Crippen LogP contribution in [-0.4, -0.2) is 60.8 Å². The summed E-state index contributed by atoms with van der Waals surface area (Å²) in [4.78, 5) is 18.3. The Morgan fingerprint density at radius 3 is 2.61 bits per heavy atom. The van der Waals surface area contributed by atoms with E-state index in [9.17, 15) is 4.79 Å². The van der Waals surface area contributed by atoms with Gasteiger partial charge in [0.05, 0.1) is 0 Å². The van der Waals surface area contributed by atoms with Gasteiger partial charge in [0.2, 0.25) is 5.91 Å². The van der Waals surface area contributed by atoms with E-state index in [1.165, 1.54) is 10.4 Å². The van der Waals surface area contributed by atoms with Gasteiger partial charge in [0.25, 0.3) is 0 Å². The molecule has 3 aromatic rings. The third kappa shape index (κ3) is 9.01. The molecule has 8 heteroatoms. The number of piperidine rings is 1. The Kier molecular flexibility index (Phi) is 12.0. The molecular weight excluding hydrogens is 530 g/mol. The van der Waals surface area contributed by atoms with Crippen LogP contribution in [0.1, 0.15) is 50.6 Å². The number of carbonyl (C=O) groups is 1. The number of nitrogens with zero attached hydrogens (tertiary/aromatic N) is 2. The highest BCUT2D eigenvalue weighted by Gasteiger charge is 2.29. The topological polar surface area (TPSA) is 80.7 Å². The minimum atomic E-state index is 0. The van der Waals surface area contributed by atoms with Crippen LogP contribution >= 0.6 is 11.3 Å². The number of anilines is 1. The van der Waals surface area contributed by atoms with Crippen molar-refractivity contribution in [3.63, 3.8) is 0 Å². The SMILES string of the molecule is CCC(=O)N(C(=N)/C=C\Nc1ccccc1)C1CCN(CCc2ccccc2OC(CCNC)c2cccs2)CC1.[HH]. The Morgan fingerprint density at radius 2 is 1.90 bits per heavy atom. The highest BCUT2D eigenvalue weighted by molar-refractivity contribution is 7.10. The fourth-order valence-corrected chi connectivity index (χ4v) is 5.99. The van der Waals surface area contributed by atoms with E-state index in [1.807, 2.05) is 50.4 Å². The second-order valence-electron chi connectivity index (χ2n) is 10.3. The molecule has 1 aliphatic heterocycles. The summed E-state index contributed by atoms with van der Waals surface area (Å²) in [6.07, 6.45) is 7.39. The van der Waals surface area contributed by atoms with Crippen molar-refractivity contribution >= 4 is 28.8 Å². The molecule has 0 bridgehead atoms. The number of thiophene rings is 1. The Balaban J connectivity index is 0.00000484. The molecule has 1 atom stereocenters. The molecule has 3 N–H and O–H groups in total. The number of carbonyl (C=O) groups excluding carboxylic acids is 1. The van der Waals surface area contributed by atoms with Crippen molar-refractivity contribution in [2.45, 2.75) is 51.2 Å². The summed E-state index contributed by atoms with van der Waals surface area (Å²) in [6, 6.07) is 22.5. The van der Waals surface area contributed by atoms with Gasteiger partial charge < -0.3 is 20.3 Å². The lowest BCUT2D eigenvalue weighted by Crippen LogP contribution is -2.49. The normalized spacial score (nSPS) is 15.1. The number of amidine groups is 1. The molecule has 2 heterocycles. The van der Waals surface area contributed by atoms with Crippen molar-refractivity contribution in [1.29, 1.82) is 5.41 Å². The quantitative estimate of drug-likeness (QED) is 0.150. The maximum Gasteiger partial charge on any atom is 0.228 e. The van der Waals surface area contributed by atoms with Crippen LogP contribution in [0, 0.1) is 5.41 Å². The predicted molar refractivity (Wildman–Crippen MR) is 172 cm³/mol. The van der Waals surface area contributed by atoms with Gasteiger partial charge in [-0.05, 0) is 74.1 Å². The molecule has 1 unspecified atom stereocenters. The zero-order valence-corrected chi connectivity index (χ0v) is 25.0. The first-order valence-corrected chi connectivity index (χ1v) is 15.5. The number of hydrogen-bond acceptors (Lipinski definition) is 7. The molecule has 1 amide bonds. The van der Waals surface area contributed by atoms with E-state index >= 15 is 0 Å². The van der Waals surface area contributed by atoms with Crippen LogP contribution in [0.25, 0.3) is 0 Å². The van der Waals surface area contributed by atoms with E-state index < -0.39 is 0 Å². The van der Waals surface area contributed by atoms with Gasteiger partial charge in [0, 0.05) is 56.7 Å². The van der Waals surface area contributed by atoms with Gasteiger partial charge in [-0.1, -0.05) is 49.4 Å². The molecule has 0 spiro atoms. The van der Waals surface area contributed by atoms with E-state index in [-0.39, 0.29) is 25.3 Å². The number of benzene rings is 2. The first-order valence-electron chi connectivity index (χ1n) is 14.6. The van der Waals surface area contributed by atoms with E-state index in [2.05, 4.69) is 51.2 Å². The number of hydrogen-bond donors (Lipinski definition) is 3. The average molecular weight is 576 g/mol. The molecule has 1 aromatic heterocycles. The minimum absolute atomic E-state index is 0. The van der Waals surface area contributed by atoms with Crippen molar-refractivity contribution in [3.8, 4) is 5.75 Å². The number of amides is 1. The molecule has 7 nitrogen and oxygen atoms in total. The second-order valence-corrected chi connectivity index (χ2v) is 11.3. The van der Waals surface area contributed by atoms with Crippen molar-refractivity contribution < 1.29 is 11.0 Å². The summed E-state index contributed by atoms with van der Waals surface area (Å²) >= 11 is 1.74. The van der Waals surface area contributed by atoms with E-state index in [1.54, 1.807) is 28.5 Å². The Bertz CT molecular complexity index is 1250. The highest BCUT2D eigenvalue weighted by atomic mass is 32.1. The van der Waals surface area contributed by atoms with Gasteiger partial charge in [-0.15, -0.1) is 11.3 Å². The predicted octanol–water partition coefficient (Wildman–Crippen LogP) is 6.57. The van der Waals surface area contributed by atoms with Gasteiger partial charge in [-0.2, -0.15) is 0 Å². The summed E-state index contributed by atoms with van der Waals surface area (Å²) in [5.41, 5.74) is 2.17. The molecule has 1 saturated heterocycles. The molecule has 4 rings (SSSR count). The third-order valence-corrected chi connectivity index (χ3v) is 8.44. The molecule has 0 saturated carbocycles. The number of para-hydroxylation sites is 2. The number of likely N-dealkylation sites (tertiary alicyclic amines) is 1. The molecule has 1 aliphatic rings. The Morgan fingerprint density at radius 1 is 1.15 bits per heavy atom. The lowest BCUT2D eigenvalue weighted by molar-refractivity contribution is -0.129. The van der Waals surface area contributed by atoms with E-state index in [0.717, 1.165) is 63.3 Å². The largest absolute Gasteiger partial charge is 0.485 e. The Hall–Kier alpha value is -3.46. The molecular formula is C33H45N5O2S. The smallest absolute Gasteiger partial charge is 0.228 e. The minimum Gasteiger partial charge on any atom is -0.485 e. The van der Waals surface area contributed by atoms with Crippen molar-refractivity contribution in [2.24, 2.45) is 0 Å². The third-order valence-electron chi connectivity index (χ3n) is 7.47. The highest BCUT2D eigenvalue weighted by Crippen LogP contribution is 2.30. The zero-order valence-electron chi connectivity index (χ0n) is 24.2. The van der Waals surface area contributed by atoms with Gasteiger partial charge in [0.15, 0.2) is 0 Å². The van der Waals surface area contributed by atoms with Crippen molar-refractivity contribution in [3.05, 3.63) is 94.8 Å². The van der Waals surface area contributed by atoms with Crippen LogP contribution in [-0.2, 0) is 11.2 Å². The monoisotopic (exact) mass is 575 g/mol. The maximum atomic E-state index is 12.9. The van der Waals surface area contributed by atoms with Crippen molar-refractivity contribution in [2.75, 3.05) is 38.5 Å². The number of ether oxygens (including phenoxy) is 1. The standard InChI is InChI=1S/C33H43N5O2S.H2/c1-3-33(39)38(32(34)16-21-36-27-11-5-4-6-12-27)28-18-23-37(24-19-28)22-17-26-10-7-8-13-29(26)40-30(15-20-35-2)31-14-9-25-41-31;/h4-14,16,21,25,28,30,34-36H,3,15,17-20,22-24H2,1-2H3;1H/b21-16-,34-32?;. The molecule has 41 heavy (non-hydrogen) atoms. The van der Waals surface area contributed by atoms with Gasteiger partial charge in [-0.3, -0.25) is 15.1 Å². The van der Waals surface area contributed by atoms with Crippen LogP contribution in [0.4, 0.5) is 5.69 Å². The summed E-state index contributed by atoms with van der Waals surface area (Å²) in [5, 5.41) is 17.2. The number of nitrogens with one attached hydrogen (secondary N) is 3. The zero-order chi connectivity index (χ0) is 28.9. The number of rotatable bonds is 14. The van der Waals surface area contributed by atoms with Gasteiger partial charge in [0.1, 0.15) is 17.7 Å². The fourth-order valence-electron chi connectivity index (χ4n) is 5.20. The van der Waals surface area contributed by atoms with Crippen LogP contribution in [0.2, 0.25) is 0 Å². The summed E-state index contributed by atoms with van der Waals surface area (Å²) in [6.45, 7) is 5.51. The first kappa shape index (κ1) is 30.5. The van der Waals surface area contributed by atoms with Crippen molar-refractivity contribution in [1.82, 2.24) is 15.1 Å². The maximum absolute atomic E-state index is 12.9. The van der Waals surface area contributed by atoms with E-state index in [4.69, 9.17) is 10.1 Å². The lowest BCUT2D eigenvalue weighted by atomic mass is 10.0. The first-order chi connectivity index (χ1) is 20.1. The van der Waals surface area contributed by atoms with Crippen LogP contribution in [0.3, 0.4) is 0 Å². The molecule has 0 aliphatic carbocycles. The van der Waals surface area contributed by atoms with E-state index in [0.29, 0.717) is 6.42 Å². The molecule has 220 valence electrons. The van der Waals surface area contributed by atoms with Crippen LogP contribution in [0.15, 0.2) is 84.4 Å². The lowest BCUT2D eigenvalue weighted by Gasteiger charge is -2.38. The molecule has 2 aromatic carbocycles. The van der Waals surface area contributed by atoms with Gasteiger partial charge >= 0.3 is 0 Å².